The smallest absolute Gasteiger partial charge is 0.226 e. The molecule has 162 valence electrons. The topological polar surface area (TPSA) is 56.2 Å². The Labute approximate surface area is 188 Å². The highest BCUT2D eigenvalue weighted by Crippen LogP contribution is 2.32. The minimum absolute atomic E-state index is 0.0350. The van der Waals surface area contributed by atoms with E-state index in [1.54, 1.807) is 0 Å². The first-order chi connectivity index (χ1) is 15.6. The lowest BCUT2D eigenvalue weighted by molar-refractivity contribution is -0.116. The van der Waals surface area contributed by atoms with E-state index in [-0.39, 0.29) is 5.91 Å². The Balaban J connectivity index is 1.65. The molecule has 0 bridgehead atoms. The molecule has 0 radical (unpaired) electrons. The molecule has 0 saturated carbocycles. The molecule has 4 aromatic rings. The highest BCUT2D eigenvalue weighted by molar-refractivity contribution is 5.90. The monoisotopic (exact) mass is 425 g/mol. The highest BCUT2D eigenvalue weighted by atomic mass is 16.5. The van der Waals surface area contributed by atoms with E-state index >= 15 is 0 Å². The van der Waals surface area contributed by atoms with Gasteiger partial charge in [-0.15, -0.1) is 0 Å². The number of carbonyl (C=O) groups excluding carboxylic acids is 1. The lowest BCUT2D eigenvalue weighted by atomic mass is 10.1. The van der Waals surface area contributed by atoms with Gasteiger partial charge in [-0.1, -0.05) is 55.5 Å². The van der Waals surface area contributed by atoms with Gasteiger partial charge in [0.1, 0.15) is 5.75 Å². The highest BCUT2D eigenvalue weighted by Gasteiger charge is 2.21. The van der Waals surface area contributed by atoms with Crippen molar-refractivity contribution in [2.45, 2.75) is 33.1 Å². The first-order valence-electron chi connectivity index (χ1n) is 10.9. The molecule has 0 aliphatic rings. The van der Waals surface area contributed by atoms with Crippen molar-refractivity contribution in [2.75, 3.05) is 5.32 Å². The maximum Gasteiger partial charge on any atom is 0.226 e. The first kappa shape index (κ1) is 21.4. The van der Waals surface area contributed by atoms with Gasteiger partial charge >= 0.3 is 0 Å². The lowest BCUT2D eigenvalue weighted by Crippen LogP contribution is -2.12. The maximum atomic E-state index is 12.6. The van der Waals surface area contributed by atoms with E-state index in [2.05, 4.69) is 12.2 Å². The summed E-state index contributed by atoms with van der Waals surface area (Å²) in [6.07, 6.45) is 1.63. The second kappa shape index (κ2) is 9.96. The molecule has 0 spiro atoms. The van der Waals surface area contributed by atoms with Crippen molar-refractivity contribution >= 4 is 11.6 Å². The van der Waals surface area contributed by atoms with Gasteiger partial charge in [0.25, 0.3) is 0 Å². The van der Waals surface area contributed by atoms with E-state index in [0.717, 1.165) is 40.4 Å². The zero-order valence-corrected chi connectivity index (χ0v) is 18.4. The van der Waals surface area contributed by atoms with E-state index in [0.29, 0.717) is 18.7 Å². The zero-order valence-electron chi connectivity index (χ0n) is 18.4. The third kappa shape index (κ3) is 5.06. The van der Waals surface area contributed by atoms with E-state index in [9.17, 15) is 4.79 Å². The molecule has 1 N–H and O–H groups in total. The van der Waals surface area contributed by atoms with Crippen LogP contribution >= 0.6 is 0 Å². The number of para-hydroxylation sites is 2. The maximum absolute atomic E-state index is 12.6. The fourth-order valence-electron chi connectivity index (χ4n) is 3.64. The molecule has 5 heteroatoms. The molecule has 3 aromatic carbocycles. The second-order valence-electron chi connectivity index (χ2n) is 7.66. The van der Waals surface area contributed by atoms with Gasteiger partial charge in [-0.05, 0) is 61.7 Å². The van der Waals surface area contributed by atoms with Crippen molar-refractivity contribution in [3.63, 3.8) is 0 Å². The summed E-state index contributed by atoms with van der Waals surface area (Å²) in [5.41, 5.74) is 4.73. The Morgan fingerprint density at radius 3 is 2.38 bits per heavy atom. The van der Waals surface area contributed by atoms with Crippen molar-refractivity contribution in [2.24, 2.45) is 0 Å². The Hall–Kier alpha value is -3.86. The van der Waals surface area contributed by atoms with Crippen molar-refractivity contribution in [3.8, 4) is 17.3 Å². The molecule has 0 aliphatic carbocycles. The lowest BCUT2D eigenvalue weighted by Gasteiger charge is -2.12. The van der Waals surface area contributed by atoms with Crippen LogP contribution < -0.4 is 10.1 Å². The van der Waals surface area contributed by atoms with E-state index < -0.39 is 0 Å². The zero-order chi connectivity index (χ0) is 22.3. The van der Waals surface area contributed by atoms with E-state index in [4.69, 9.17) is 9.84 Å². The van der Waals surface area contributed by atoms with Crippen molar-refractivity contribution in [1.82, 2.24) is 9.78 Å². The minimum atomic E-state index is -0.0350. The van der Waals surface area contributed by atoms with Gasteiger partial charge in [0.05, 0.1) is 11.4 Å². The summed E-state index contributed by atoms with van der Waals surface area (Å²) in [5, 5.41) is 7.80. The third-order valence-corrected chi connectivity index (χ3v) is 5.22. The molecule has 1 heterocycles. The SMILES string of the molecule is CCc1nn(-c2ccccc2)c(Oc2cccc(C)c2)c1CCC(=O)Nc1ccccc1. The summed E-state index contributed by atoms with van der Waals surface area (Å²) in [4.78, 5) is 12.6. The molecule has 1 amide bonds. The quantitative estimate of drug-likeness (QED) is 0.371. The van der Waals surface area contributed by atoms with Gasteiger partial charge < -0.3 is 10.1 Å². The first-order valence-corrected chi connectivity index (χ1v) is 10.9. The van der Waals surface area contributed by atoms with Crippen LogP contribution in [0, 0.1) is 6.92 Å². The standard InChI is InChI=1S/C27H27N3O2/c1-3-25-24(17-18-26(31)28-21-12-6-4-7-13-21)27(32-23-16-10-11-20(2)19-23)30(29-25)22-14-8-5-9-15-22/h4-16,19H,3,17-18H2,1-2H3,(H,28,31). The number of ether oxygens (including phenoxy) is 1. The number of hydrogen-bond acceptors (Lipinski definition) is 3. The number of benzene rings is 3. The molecule has 0 fully saturated rings. The molecule has 0 aliphatic heterocycles. The predicted octanol–water partition coefficient (Wildman–Crippen LogP) is 6.11. The Kier molecular flexibility index (Phi) is 6.66. The number of nitrogens with zero attached hydrogens (tertiary/aromatic N) is 2. The largest absolute Gasteiger partial charge is 0.439 e. The molecule has 4 rings (SSSR count). The fraction of sp³-hybridized carbons (Fsp3) is 0.185. The molecular formula is C27H27N3O2. The molecule has 0 saturated heterocycles. The summed E-state index contributed by atoms with van der Waals surface area (Å²) in [6, 6.07) is 27.4. The van der Waals surface area contributed by atoms with Crippen molar-refractivity contribution in [1.29, 1.82) is 0 Å². The van der Waals surface area contributed by atoms with Crippen LogP contribution in [0.5, 0.6) is 11.6 Å². The van der Waals surface area contributed by atoms with E-state index in [1.165, 1.54) is 0 Å². The van der Waals surface area contributed by atoms with Crippen LogP contribution in [0.1, 0.15) is 30.2 Å². The minimum Gasteiger partial charge on any atom is -0.439 e. The second-order valence-corrected chi connectivity index (χ2v) is 7.66. The molecule has 0 atom stereocenters. The number of anilines is 1. The van der Waals surface area contributed by atoms with Crippen LogP contribution in [0.2, 0.25) is 0 Å². The fourth-order valence-corrected chi connectivity index (χ4v) is 3.64. The molecule has 1 aromatic heterocycles. The van der Waals surface area contributed by atoms with Gasteiger partial charge in [-0.2, -0.15) is 5.10 Å². The number of nitrogens with one attached hydrogen (secondary N) is 1. The molecule has 32 heavy (non-hydrogen) atoms. The number of carbonyl (C=O) groups is 1. The average molecular weight is 426 g/mol. The molecular weight excluding hydrogens is 398 g/mol. The average Bonchev–Trinajstić information content (AvgIpc) is 3.16. The summed E-state index contributed by atoms with van der Waals surface area (Å²) >= 11 is 0. The summed E-state index contributed by atoms with van der Waals surface area (Å²) in [5.74, 6) is 1.37. The number of amides is 1. The van der Waals surface area contributed by atoms with Crippen LogP contribution in [0.3, 0.4) is 0 Å². The van der Waals surface area contributed by atoms with Gasteiger partial charge in [0.2, 0.25) is 11.8 Å². The number of hydrogen-bond donors (Lipinski definition) is 1. The van der Waals surface area contributed by atoms with Crippen molar-refractivity contribution in [3.05, 3.63) is 102 Å². The van der Waals surface area contributed by atoms with Gasteiger partial charge in [0, 0.05) is 17.7 Å². The summed E-state index contributed by atoms with van der Waals surface area (Å²) in [7, 11) is 0. The normalized spacial score (nSPS) is 10.7. The van der Waals surface area contributed by atoms with Crippen LogP contribution in [0.25, 0.3) is 5.69 Å². The Morgan fingerprint density at radius 1 is 0.969 bits per heavy atom. The van der Waals surface area contributed by atoms with Crippen LogP contribution in [-0.2, 0) is 17.6 Å². The number of aryl methyl sites for hydroxylation is 2. The van der Waals surface area contributed by atoms with E-state index in [1.807, 2.05) is 96.5 Å². The van der Waals surface area contributed by atoms with Crippen LogP contribution in [0.15, 0.2) is 84.9 Å². The van der Waals surface area contributed by atoms with Crippen LogP contribution in [-0.4, -0.2) is 15.7 Å². The predicted molar refractivity (Wildman–Crippen MR) is 128 cm³/mol. The van der Waals surface area contributed by atoms with Crippen LogP contribution in [0.4, 0.5) is 5.69 Å². The summed E-state index contributed by atoms with van der Waals surface area (Å²) < 4.78 is 8.22. The van der Waals surface area contributed by atoms with Gasteiger partial charge in [0.15, 0.2) is 0 Å². The number of rotatable bonds is 8. The summed E-state index contributed by atoms with van der Waals surface area (Å²) in [6.45, 7) is 4.11. The van der Waals surface area contributed by atoms with Gasteiger partial charge in [-0.3, -0.25) is 4.79 Å². The Morgan fingerprint density at radius 2 is 1.69 bits per heavy atom. The van der Waals surface area contributed by atoms with Gasteiger partial charge in [-0.25, -0.2) is 4.68 Å². The van der Waals surface area contributed by atoms with Crippen molar-refractivity contribution < 1.29 is 9.53 Å². The Bertz CT molecular complexity index is 1180. The number of aromatic nitrogens is 2. The molecule has 0 unspecified atom stereocenters. The third-order valence-electron chi connectivity index (χ3n) is 5.22. The molecule has 5 nitrogen and oxygen atoms in total.